The van der Waals surface area contributed by atoms with Crippen LogP contribution in [0.2, 0.25) is 0 Å². The summed E-state index contributed by atoms with van der Waals surface area (Å²) in [5.41, 5.74) is 3.74. The average molecular weight is 233 g/mol. The van der Waals surface area contributed by atoms with Gasteiger partial charge in [0.1, 0.15) is 5.75 Å². The number of hydrogen-bond acceptors (Lipinski definition) is 2. The van der Waals surface area contributed by atoms with Crippen LogP contribution in [0.15, 0.2) is 24.3 Å². The summed E-state index contributed by atoms with van der Waals surface area (Å²) in [6, 6.07) is 6.14. The molecule has 0 bridgehead atoms. The van der Waals surface area contributed by atoms with Crippen molar-refractivity contribution < 1.29 is 4.74 Å². The zero-order chi connectivity index (χ0) is 13.1. The maximum Gasteiger partial charge on any atom is 0.120 e. The average Bonchev–Trinajstić information content (AvgIpc) is 2.29. The summed E-state index contributed by atoms with van der Waals surface area (Å²) in [4.78, 5) is 0. The maximum absolute atomic E-state index is 5.22. The van der Waals surface area contributed by atoms with E-state index in [4.69, 9.17) is 4.74 Å². The molecular weight excluding hydrogens is 210 g/mol. The number of hydrogen-bond donors (Lipinski definition) is 1. The first-order valence-corrected chi connectivity index (χ1v) is 6.18. The highest BCUT2D eigenvalue weighted by atomic mass is 16.5. The van der Waals surface area contributed by atoms with Gasteiger partial charge in [-0.05, 0) is 38.5 Å². The van der Waals surface area contributed by atoms with E-state index in [1.54, 1.807) is 7.11 Å². The predicted octanol–water partition coefficient (Wildman–Crippen LogP) is 4.33. The van der Waals surface area contributed by atoms with Gasteiger partial charge in [0.2, 0.25) is 0 Å². The monoisotopic (exact) mass is 233 g/mol. The molecule has 0 aliphatic carbocycles. The Morgan fingerprint density at radius 2 is 1.82 bits per heavy atom. The maximum atomic E-state index is 5.22. The lowest BCUT2D eigenvalue weighted by Gasteiger charge is -2.31. The van der Waals surface area contributed by atoms with Gasteiger partial charge in [-0.3, -0.25) is 0 Å². The molecule has 17 heavy (non-hydrogen) atoms. The Balaban J connectivity index is 0.000000686. The standard InChI is InChI=1S/C13H17NO.C2H6/c1-9-8-13(2,3)14-12-7-10(15-4)5-6-11(9)12;1-2/h5-8,14H,1-4H3;1-2H3. The van der Waals surface area contributed by atoms with Gasteiger partial charge < -0.3 is 10.1 Å². The fraction of sp³-hybridized carbons (Fsp3) is 0.467. The fourth-order valence-corrected chi connectivity index (χ4v) is 2.10. The van der Waals surface area contributed by atoms with Crippen molar-refractivity contribution >= 4 is 11.3 Å². The van der Waals surface area contributed by atoms with Crippen molar-refractivity contribution in [1.29, 1.82) is 0 Å². The second-order valence-electron chi connectivity index (χ2n) is 4.59. The molecule has 0 saturated carbocycles. The van der Waals surface area contributed by atoms with Crippen LogP contribution >= 0.6 is 0 Å². The highest BCUT2D eigenvalue weighted by Crippen LogP contribution is 2.35. The van der Waals surface area contributed by atoms with Gasteiger partial charge >= 0.3 is 0 Å². The van der Waals surface area contributed by atoms with Crippen LogP contribution in [0.5, 0.6) is 5.75 Å². The van der Waals surface area contributed by atoms with Crippen molar-refractivity contribution in [2.45, 2.75) is 40.2 Å². The normalized spacial score (nSPS) is 15.8. The van der Waals surface area contributed by atoms with Crippen LogP contribution in [-0.2, 0) is 0 Å². The molecule has 1 N–H and O–H groups in total. The summed E-state index contributed by atoms with van der Waals surface area (Å²) in [7, 11) is 1.69. The number of anilines is 1. The third-order valence-electron chi connectivity index (χ3n) is 2.69. The summed E-state index contributed by atoms with van der Waals surface area (Å²) < 4.78 is 5.22. The Kier molecular flexibility index (Phi) is 4.22. The van der Waals surface area contributed by atoms with Gasteiger partial charge in [-0.15, -0.1) is 0 Å². The predicted molar refractivity (Wildman–Crippen MR) is 75.7 cm³/mol. The number of rotatable bonds is 1. The number of benzene rings is 1. The van der Waals surface area contributed by atoms with Gasteiger partial charge in [-0.25, -0.2) is 0 Å². The molecule has 1 aromatic rings. The lowest BCUT2D eigenvalue weighted by atomic mass is 9.91. The zero-order valence-electron chi connectivity index (χ0n) is 11.7. The molecule has 0 aromatic heterocycles. The van der Waals surface area contributed by atoms with Gasteiger partial charge in [-0.1, -0.05) is 19.9 Å². The molecule has 0 spiro atoms. The van der Waals surface area contributed by atoms with Crippen LogP contribution in [0.4, 0.5) is 5.69 Å². The molecule has 0 radical (unpaired) electrons. The van der Waals surface area contributed by atoms with E-state index in [2.05, 4.69) is 38.2 Å². The minimum absolute atomic E-state index is 0.0173. The highest BCUT2D eigenvalue weighted by Gasteiger charge is 2.22. The summed E-state index contributed by atoms with van der Waals surface area (Å²) in [5.74, 6) is 0.895. The molecular formula is C15H23NO. The van der Waals surface area contributed by atoms with E-state index < -0.39 is 0 Å². The third-order valence-corrected chi connectivity index (χ3v) is 2.69. The molecule has 2 nitrogen and oxygen atoms in total. The number of methoxy groups -OCH3 is 1. The van der Waals surface area contributed by atoms with Gasteiger partial charge in [0.25, 0.3) is 0 Å². The van der Waals surface area contributed by atoms with Crippen LogP contribution < -0.4 is 10.1 Å². The van der Waals surface area contributed by atoms with Crippen LogP contribution in [-0.4, -0.2) is 12.6 Å². The van der Waals surface area contributed by atoms with Gasteiger partial charge in [0, 0.05) is 17.3 Å². The van der Waals surface area contributed by atoms with Crippen molar-refractivity contribution in [2.24, 2.45) is 0 Å². The van der Waals surface area contributed by atoms with Crippen LogP contribution in [0.25, 0.3) is 5.57 Å². The molecule has 0 amide bonds. The molecule has 1 aromatic carbocycles. The Bertz CT molecular complexity index is 419. The van der Waals surface area contributed by atoms with Crippen LogP contribution in [0, 0.1) is 0 Å². The first-order chi connectivity index (χ1) is 8.02. The Labute approximate surface area is 105 Å². The summed E-state index contributed by atoms with van der Waals surface area (Å²) >= 11 is 0. The second-order valence-corrected chi connectivity index (χ2v) is 4.59. The van der Waals surface area contributed by atoms with E-state index in [1.165, 1.54) is 11.1 Å². The topological polar surface area (TPSA) is 21.3 Å². The summed E-state index contributed by atoms with van der Waals surface area (Å²) in [5, 5.41) is 3.48. The van der Waals surface area contributed by atoms with Crippen molar-refractivity contribution in [3.8, 4) is 5.75 Å². The largest absolute Gasteiger partial charge is 0.497 e. The van der Waals surface area contributed by atoms with E-state index in [0.717, 1.165) is 11.4 Å². The number of allylic oxidation sites excluding steroid dienone is 1. The zero-order valence-corrected chi connectivity index (χ0v) is 11.7. The molecule has 0 saturated heterocycles. The Morgan fingerprint density at radius 3 is 2.41 bits per heavy atom. The Hall–Kier alpha value is -1.44. The molecule has 1 aliphatic rings. The minimum Gasteiger partial charge on any atom is -0.497 e. The molecule has 1 aliphatic heterocycles. The third kappa shape index (κ3) is 3.02. The van der Waals surface area contributed by atoms with Crippen molar-refractivity contribution in [2.75, 3.05) is 12.4 Å². The van der Waals surface area contributed by atoms with Gasteiger partial charge in [0.15, 0.2) is 0 Å². The number of fused-ring (bicyclic) bond motifs is 1. The quantitative estimate of drug-likeness (QED) is 0.779. The van der Waals surface area contributed by atoms with E-state index >= 15 is 0 Å². The fourth-order valence-electron chi connectivity index (χ4n) is 2.10. The molecule has 0 unspecified atom stereocenters. The number of ether oxygens (including phenoxy) is 1. The first-order valence-electron chi connectivity index (χ1n) is 6.18. The van der Waals surface area contributed by atoms with E-state index in [9.17, 15) is 0 Å². The van der Waals surface area contributed by atoms with E-state index in [1.807, 2.05) is 26.0 Å². The summed E-state index contributed by atoms with van der Waals surface area (Å²) in [6.07, 6.45) is 2.25. The number of nitrogens with one attached hydrogen (secondary N) is 1. The van der Waals surface area contributed by atoms with Crippen LogP contribution in [0.3, 0.4) is 0 Å². The lowest BCUT2D eigenvalue weighted by Crippen LogP contribution is -2.31. The molecule has 1 heterocycles. The summed E-state index contributed by atoms with van der Waals surface area (Å²) in [6.45, 7) is 10.5. The second kappa shape index (κ2) is 5.26. The van der Waals surface area contributed by atoms with E-state index in [-0.39, 0.29) is 5.54 Å². The SMILES string of the molecule is CC.COc1ccc2c(c1)NC(C)(C)C=C2C. The molecule has 0 atom stereocenters. The molecule has 0 fully saturated rings. The Morgan fingerprint density at radius 1 is 1.18 bits per heavy atom. The van der Waals surface area contributed by atoms with Gasteiger partial charge in [-0.2, -0.15) is 0 Å². The van der Waals surface area contributed by atoms with Crippen molar-refractivity contribution in [1.82, 2.24) is 0 Å². The highest BCUT2D eigenvalue weighted by molar-refractivity contribution is 5.80. The first kappa shape index (κ1) is 13.6. The van der Waals surface area contributed by atoms with E-state index in [0.29, 0.717) is 0 Å². The van der Waals surface area contributed by atoms with Gasteiger partial charge in [0.05, 0.1) is 12.6 Å². The molecule has 2 rings (SSSR count). The molecule has 94 valence electrons. The lowest BCUT2D eigenvalue weighted by molar-refractivity contribution is 0.415. The smallest absolute Gasteiger partial charge is 0.120 e. The molecule has 2 heteroatoms. The minimum atomic E-state index is 0.0173. The van der Waals surface area contributed by atoms with Crippen LogP contribution in [0.1, 0.15) is 40.2 Å². The van der Waals surface area contributed by atoms with Crippen molar-refractivity contribution in [3.63, 3.8) is 0 Å². The van der Waals surface area contributed by atoms with Crippen molar-refractivity contribution in [3.05, 3.63) is 29.8 Å².